The van der Waals surface area contributed by atoms with Crippen molar-refractivity contribution in [3.8, 4) is 0 Å². The zero-order valence-electron chi connectivity index (χ0n) is 21.0. The van der Waals surface area contributed by atoms with Gasteiger partial charge in [0.2, 0.25) is 17.7 Å². The second-order valence-electron chi connectivity index (χ2n) is 8.86. The minimum atomic E-state index is -1.64. The molecule has 0 aliphatic carbocycles. The largest absolute Gasteiger partial charge is 0.480 e. The van der Waals surface area contributed by atoms with Crippen LogP contribution in [-0.4, -0.2) is 64.4 Å². The fourth-order valence-electron chi connectivity index (χ4n) is 4.24. The van der Waals surface area contributed by atoms with Gasteiger partial charge < -0.3 is 25.8 Å². The van der Waals surface area contributed by atoms with Crippen LogP contribution in [0, 0.1) is 10.1 Å². The molecule has 1 heterocycles. The average Bonchev–Trinajstić information content (AvgIpc) is 2.89. The van der Waals surface area contributed by atoms with Crippen molar-refractivity contribution >= 4 is 35.3 Å². The first-order valence-corrected chi connectivity index (χ1v) is 12.2. The lowest BCUT2D eigenvalue weighted by Crippen LogP contribution is -2.63. The number of carboxylic acid groups (broad SMARTS) is 1. The molecule has 3 rings (SSSR count). The molecule has 2 aromatic rings. The number of nitro benzene ring substituents is 1. The lowest BCUT2D eigenvalue weighted by molar-refractivity contribution is -0.384. The summed E-state index contributed by atoms with van der Waals surface area (Å²) in [6.07, 6.45) is -0.736. The Morgan fingerprint density at radius 2 is 1.64 bits per heavy atom. The molecule has 39 heavy (non-hydrogen) atoms. The van der Waals surface area contributed by atoms with Crippen LogP contribution in [0.4, 0.5) is 5.69 Å². The van der Waals surface area contributed by atoms with Gasteiger partial charge in [-0.1, -0.05) is 42.5 Å². The SMILES string of the molecule is CCOC(=O)C[C@@H](c1ccc([N+](=O)[O-])cc1)[C@H](NC(=O)C[C@@H]1NC(=O)[C@H](Cc2ccccc2)NC1=O)C(=O)O. The second kappa shape index (κ2) is 13.1. The predicted molar refractivity (Wildman–Crippen MR) is 135 cm³/mol. The van der Waals surface area contributed by atoms with Crippen LogP contribution in [0.25, 0.3) is 0 Å². The zero-order chi connectivity index (χ0) is 28.5. The molecule has 1 fully saturated rings. The van der Waals surface area contributed by atoms with Gasteiger partial charge in [-0.25, -0.2) is 4.79 Å². The van der Waals surface area contributed by atoms with Gasteiger partial charge in [0.25, 0.3) is 5.69 Å². The van der Waals surface area contributed by atoms with Gasteiger partial charge in [0, 0.05) is 24.5 Å². The molecular formula is C26H28N4O9. The van der Waals surface area contributed by atoms with E-state index in [2.05, 4.69) is 16.0 Å². The van der Waals surface area contributed by atoms with Crippen molar-refractivity contribution in [3.05, 3.63) is 75.8 Å². The number of piperazine rings is 1. The number of esters is 1. The molecule has 0 unspecified atom stereocenters. The first-order chi connectivity index (χ1) is 18.6. The van der Waals surface area contributed by atoms with Crippen LogP contribution in [0.15, 0.2) is 54.6 Å². The Hall–Kier alpha value is -4.81. The molecule has 1 saturated heterocycles. The number of nitrogens with one attached hydrogen (secondary N) is 3. The topological polar surface area (TPSA) is 194 Å². The number of rotatable bonds is 12. The summed E-state index contributed by atoms with van der Waals surface area (Å²) in [7, 11) is 0. The number of ether oxygens (including phenoxy) is 1. The van der Waals surface area contributed by atoms with Crippen LogP contribution in [0.5, 0.6) is 0 Å². The molecule has 13 heteroatoms. The maximum atomic E-state index is 12.8. The smallest absolute Gasteiger partial charge is 0.326 e. The highest BCUT2D eigenvalue weighted by Crippen LogP contribution is 2.27. The Morgan fingerprint density at radius 3 is 2.23 bits per heavy atom. The summed E-state index contributed by atoms with van der Waals surface area (Å²) >= 11 is 0. The summed E-state index contributed by atoms with van der Waals surface area (Å²) in [4.78, 5) is 72.8. The number of benzene rings is 2. The first kappa shape index (κ1) is 28.8. The van der Waals surface area contributed by atoms with Gasteiger partial charge in [-0.15, -0.1) is 0 Å². The van der Waals surface area contributed by atoms with Crippen molar-refractivity contribution in [2.24, 2.45) is 0 Å². The van der Waals surface area contributed by atoms with E-state index in [1.54, 1.807) is 19.1 Å². The van der Waals surface area contributed by atoms with Gasteiger partial charge in [0.1, 0.15) is 18.1 Å². The average molecular weight is 541 g/mol. The summed E-state index contributed by atoms with van der Waals surface area (Å²) in [6, 6.07) is 10.2. The molecular weight excluding hydrogens is 512 g/mol. The van der Waals surface area contributed by atoms with Crippen molar-refractivity contribution in [2.75, 3.05) is 6.61 Å². The first-order valence-electron chi connectivity index (χ1n) is 12.2. The number of non-ortho nitro benzene ring substituents is 1. The standard InChI is InChI=1S/C26H28N4O9/c1-2-39-22(32)13-18(16-8-10-17(11-9-16)30(37)38)23(26(35)36)29-21(31)14-20-25(34)27-19(24(33)28-20)12-15-6-4-3-5-7-15/h3-11,18-20,23H,2,12-14H2,1H3,(H,27,34)(H,28,33)(H,29,31)(H,35,36)/t18-,19-,20-,23-/m0/s1. The Balaban J connectivity index is 1.72. The van der Waals surface area contributed by atoms with Crippen LogP contribution in [-0.2, 0) is 35.1 Å². The van der Waals surface area contributed by atoms with Crippen molar-refractivity contribution in [1.82, 2.24) is 16.0 Å². The second-order valence-corrected chi connectivity index (χ2v) is 8.86. The number of amides is 3. The van der Waals surface area contributed by atoms with E-state index in [9.17, 15) is 39.2 Å². The predicted octanol–water partition coefficient (Wildman–Crippen LogP) is 0.817. The molecule has 4 N–H and O–H groups in total. The number of carbonyl (C=O) groups is 5. The van der Waals surface area contributed by atoms with E-state index in [0.29, 0.717) is 0 Å². The van der Waals surface area contributed by atoms with Crippen LogP contribution in [0.2, 0.25) is 0 Å². The Morgan fingerprint density at radius 1 is 1.03 bits per heavy atom. The van der Waals surface area contributed by atoms with E-state index in [1.807, 2.05) is 18.2 Å². The summed E-state index contributed by atoms with van der Waals surface area (Å²) in [5.74, 6) is -5.30. The van der Waals surface area contributed by atoms with E-state index in [1.165, 1.54) is 12.1 Å². The highest BCUT2D eigenvalue weighted by Gasteiger charge is 2.37. The summed E-state index contributed by atoms with van der Waals surface area (Å²) in [5.41, 5.74) is 0.834. The fraction of sp³-hybridized carbons (Fsp3) is 0.346. The molecule has 0 bridgehead atoms. The van der Waals surface area contributed by atoms with Crippen LogP contribution >= 0.6 is 0 Å². The third-order valence-electron chi connectivity index (χ3n) is 6.15. The quantitative estimate of drug-likeness (QED) is 0.171. The van der Waals surface area contributed by atoms with E-state index < -0.39 is 71.5 Å². The highest BCUT2D eigenvalue weighted by atomic mass is 16.6. The normalized spacial score (nSPS) is 18.2. The van der Waals surface area contributed by atoms with Gasteiger partial charge in [0.15, 0.2) is 0 Å². The number of nitro groups is 1. The molecule has 206 valence electrons. The number of aliphatic carboxylic acids is 1. The monoisotopic (exact) mass is 540 g/mol. The fourth-order valence-corrected chi connectivity index (χ4v) is 4.24. The lowest BCUT2D eigenvalue weighted by Gasteiger charge is -2.30. The van der Waals surface area contributed by atoms with Gasteiger partial charge in [-0.3, -0.25) is 29.3 Å². The van der Waals surface area contributed by atoms with Crippen molar-refractivity contribution in [1.29, 1.82) is 0 Å². The van der Waals surface area contributed by atoms with E-state index in [4.69, 9.17) is 4.74 Å². The summed E-state index contributed by atoms with van der Waals surface area (Å²) < 4.78 is 4.94. The minimum Gasteiger partial charge on any atom is -0.480 e. The Labute approximate surface area is 223 Å². The molecule has 0 aromatic heterocycles. The van der Waals surface area contributed by atoms with Crippen molar-refractivity contribution < 1.29 is 38.7 Å². The van der Waals surface area contributed by atoms with Crippen molar-refractivity contribution in [3.63, 3.8) is 0 Å². The molecule has 13 nitrogen and oxygen atoms in total. The van der Waals surface area contributed by atoms with Crippen LogP contribution in [0.1, 0.15) is 36.8 Å². The molecule has 1 aliphatic heterocycles. The maximum Gasteiger partial charge on any atom is 0.326 e. The molecule has 0 radical (unpaired) electrons. The third kappa shape index (κ3) is 7.84. The highest BCUT2D eigenvalue weighted by molar-refractivity contribution is 5.99. The van der Waals surface area contributed by atoms with E-state index >= 15 is 0 Å². The maximum absolute atomic E-state index is 12.8. The van der Waals surface area contributed by atoms with Gasteiger partial charge in [-0.2, -0.15) is 0 Å². The molecule has 3 amide bonds. The summed E-state index contributed by atoms with van der Waals surface area (Å²) in [5, 5.41) is 28.3. The Bertz CT molecular complexity index is 1230. The number of carbonyl (C=O) groups excluding carboxylic acids is 4. The molecule has 4 atom stereocenters. The van der Waals surface area contributed by atoms with Crippen molar-refractivity contribution in [2.45, 2.75) is 50.2 Å². The van der Waals surface area contributed by atoms with Crippen LogP contribution in [0.3, 0.4) is 0 Å². The zero-order valence-corrected chi connectivity index (χ0v) is 21.0. The van der Waals surface area contributed by atoms with Gasteiger partial charge in [-0.05, 0) is 18.1 Å². The van der Waals surface area contributed by atoms with E-state index in [-0.39, 0.29) is 24.3 Å². The number of hydrogen-bond donors (Lipinski definition) is 4. The number of carboxylic acids is 1. The van der Waals surface area contributed by atoms with Crippen LogP contribution < -0.4 is 16.0 Å². The lowest BCUT2D eigenvalue weighted by atomic mass is 9.88. The number of hydrogen-bond acceptors (Lipinski definition) is 8. The molecule has 0 spiro atoms. The number of nitrogens with zero attached hydrogens (tertiary/aromatic N) is 1. The summed E-state index contributed by atoms with van der Waals surface area (Å²) in [6.45, 7) is 1.61. The molecule has 0 saturated carbocycles. The molecule has 2 aromatic carbocycles. The minimum absolute atomic E-state index is 0.0394. The Kier molecular flexibility index (Phi) is 9.68. The molecule has 1 aliphatic rings. The third-order valence-corrected chi connectivity index (χ3v) is 6.15. The van der Waals surface area contributed by atoms with E-state index in [0.717, 1.165) is 17.7 Å². The van der Waals surface area contributed by atoms with Gasteiger partial charge in [0.05, 0.1) is 24.4 Å². The van der Waals surface area contributed by atoms with Gasteiger partial charge >= 0.3 is 11.9 Å².